The maximum atomic E-state index is 14.5. The summed E-state index contributed by atoms with van der Waals surface area (Å²) in [4.78, 5) is 24.8. The molecule has 7 heteroatoms. The number of carbonyl (C=O) groups excluding carboxylic acids is 1. The largest absolute Gasteiger partial charge is 0.461 e. The first-order valence-corrected chi connectivity index (χ1v) is 8.08. The Bertz CT molecular complexity index is 773. The number of carbonyl (C=O) groups is 1. The predicted molar refractivity (Wildman–Crippen MR) is 89.9 cm³/mol. The summed E-state index contributed by atoms with van der Waals surface area (Å²) in [7, 11) is 2.06. The molecule has 1 aromatic heterocycles. The second-order valence-corrected chi connectivity index (χ2v) is 5.96. The second-order valence-electron chi connectivity index (χ2n) is 5.96. The lowest BCUT2D eigenvalue weighted by Gasteiger charge is -2.34. The number of ether oxygens (including phenoxy) is 1. The highest BCUT2D eigenvalue weighted by molar-refractivity contribution is 5.91. The van der Waals surface area contributed by atoms with Gasteiger partial charge < -0.3 is 14.5 Å². The molecule has 1 saturated heterocycles. The fraction of sp³-hybridized carbons (Fsp3) is 0.471. The molecule has 0 spiro atoms. The number of nitrogens with zero attached hydrogens (tertiary/aromatic N) is 4. The summed E-state index contributed by atoms with van der Waals surface area (Å²) in [5.74, 6) is -0.882. The zero-order valence-electron chi connectivity index (χ0n) is 14.2. The molecule has 0 unspecified atom stereocenters. The standard InChI is InChI=1S/C17H21FN4O2/c1-4-24-17(23)16-11(2)19-14-10-15(12(18)9-13(14)20-16)22-7-5-21(3)6-8-22/h9-10H,4-8H2,1-3H3. The Hall–Kier alpha value is -2.28. The number of esters is 1. The van der Waals surface area contributed by atoms with E-state index in [1.165, 1.54) is 6.07 Å². The molecule has 1 aliphatic rings. The van der Waals surface area contributed by atoms with Crippen molar-refractivity contribution in [2.45, 2.75) is 13.8 Å². The highest BCUT2D eigenvalue weighted by atomic mass is 19.1. The van der Waals surface area contributed by atoms with E-state index in [4.69, 9.17) is 4.74 Å². The zero-order valence-corrected chi connectivity index (χ0v) is 14.2. The van der Waals surface area contributed by atoms with Crippen LogP contribution in [0.15, 0.2) is 12.1 Å². The van der Waals surface area contributed by atoms with Crippen molar-refractivity contribution in [1.29, 1.82) is 0 Å². The third kappa shape index (κ3) is 3.17. The first-order valence-electron chi connectivity index (χ1n) is 8.08. The van der Waals surface area contributed by atoms with Gasteiger partial charge in [-0.3, -0.25) is 0 Å². The lowest BCUT2D eigenvalue weighted by Crippen LogP contribution is -2.44. The number of likely N-dealkylation sites (N-methyl/N-ethyl adjacent to an activating group) is 1. The van der Waals surface area contributed by atoms with E-state index in [1.54, 1.807) is 19.9 Å². The molecule has 0 radical (unpaired) electrons. The third-order valence-corrected chi connectivity index (χ3v) is 4.22. The van der Waals surface area contributed by atoms with Gasteiger partial charge in [0.15, 0.2) is 5.69 Å². The molecule has 1 aromatic carbocycles. The third-order valence-electron chi connectivity index (χ3n) is 4.22. The molecule has 0 saturated carbocycles. The average Bonchev–Trinajstić information content (AvgIpc) is 2.55. The van der Waals surface area contributed by atoms with E-state index in [9.17, 15) is 9.18 Å². The SMILES string of the molecule is CCOC(=O)c1nc2cc(F)c(N3CCN(C)CC3)cc2nc1C. The monoisotopic (exact) mass is 332 g/mol. The Morgan fingerprint density at radius 2 is 1.88 bits per heavy atom. The molecule has 2 heterocycles. The topological polar surface area (TPSA) is 58.6 Å². The Morgan fingerprint density at radius 1 is 1.21 bits per heavy atom. The molecule has 0 N–H and O–H groups in total. The first kappa shape index (κ1) is 16.6. The molecule has 0 bridgehead atoms. The van der Waals surface area contributed by atoms with E-state index in [0.717, 1.165) is 26.2 Å². The summed E-state index contributed by atoms with van der Waals surface area (Å²) >= 11 is 0. The molecular weight excluding hydrogens is 311 g/mol. The highest BCUT2D eigenvalue weighted by Gasteiger charge is 2.20. The zero-order chi connectivity index (χ0) is 17.3. The molecule has 1 aliphatic heterocycles. The van der Waals surface area contributed by atoms with Crippen molar-refractivity contribution in [3.8, 4) is 0 Å². The van der Waals surface area contributed by atoms with Gasteiger partial charge in [-0.1, -0.05) is 0 Å². The number of rotatable bonds is 3. The summed E-state index contributed by atoms with van der Waals surface area (Å²) in [6, 6.07) is 3.06. The average molecular weight is 332 g/mol. The molecular formula is C17H21FN4O2. The molecule has 24 heavy (non-hydrogen) atoms. The second kappa shape index (κ2) is 6.68. The van der Waals surface area contributed by atoms with Gasteiger partial charge in [-0.05, 0) is 27.0 Å². The van der Waals surface area contributed by atoms with Gasteiger partial charge in [0.05, 0.1) is 29.0 Å². The van der Waals surface area contributed by atoms with Crippen LogP contribution in [0.1, 0.15) is 23.1 Å². The van der Waals surface area contributed by atoms with Crippen LogP contribution < -0.4 is 4.90 Å². The van der Waals surface area contributed by atoms with Crippen molar-refractivity contribution in [2.75, 3.05) is 44.7 Å². The molecule has 128 valence electrons. The van der Waals surface area contributed by atoms with E-state index in [0.29, 0.717) is 22.4 Å². The summed E-state index contributed by atoms with van der Waals surface area (Å²) in [6.45, 7) is 7.02. The summed E-state index contributed by atoms with van der Waals surface area (Å²) in [6.07, 6.45) is 0. The van der Waals surface area contributed by atoms with Crippen molar-refractivity contribution < 1.29 is 13.9 Å². The minimum absolute atomic E-state index is 0.135. The minimum Gasteiger partial charge on any atom is -0.461 e. The lowest BCUT2D eigenvalue weighted by atomic mass is 10.2. The maximum absolute atomic E-state index is 14.5. The molecule has 1 fully saturated rings. The first-order chi connectivity index (χ1) is 11.5. The Kier molecular flexibility index (Phi) is 4.62. The van der Waals surface area contributed by atoms with Crippen molar-refractivity contribution in [3.63, 3.8) is 0 Å². The number of hydrogen-bond acceptors (Lipinski definition) is 6. The van der Waals surface area contributed by atoms with E-state index in [-0.39, 0.29) is 18.1 Å². The number of fused-ring (bicyclic) bond motifs is 1. The highest BCUT2D eigenvalue weighted by Crippen LogP contribution is 2.26. The van der Waals surface area contributed by atoms with Crippen molar-refractivity contribution in [1.82, 2.24) is 14.9 Å². The van der Waals surface area contributed by atoms with Gasteiger partial charge in [-0.25, -0.2) is 19.2 Å². The Balaban J connectivity index is 1.99. The van der Waals surface area contributed by atoms with Crippen LogP contribution in [0.4, 0.5) is 10.1 Å². The predicted octanol–water partition coefficient (Wildman–Crippen LogP) is 2.01. The summed E-state index contributed by atoms with van der Waals surface area (Å²) in [5, 5.41) is 0. The molecule has 0 atom stereocenters. The molecule has 0 amide bonds. The van der Waals surface area contributed by atoms with Crippen LogP contribution in [-0.2, 0) is 4.74 Å². The van der Waals surface area contributed by atoms with Gasteiger partial charge >= 0.3 is 5.97 Å². The van der Waals surface area contributed by atoms with E-state index < -0.39 is 5.97 Å². The van der Waals surface area contributed by atoms with Gasteiger partial charge in [-0.15, -0.1) is 0 Å². The summed E-state index contributed by atoms with van der Waals surface area (Å²) in [5.41, 5.74) is 2.09. The number of aryl methyl sites for hydroxylation is 1. The van der Waals surface area contributed by atoms with Gasteiger partial charge in [-0.2, -0.15) is 0 Å². The van der Waals surface area contributed by atoms with Crippen LogP contribution in [0, 0.1) is 12.7 Å². The number of benzene rings is 1. The quantitative estimate of drug-likeness (QED) is 0.802. The van der Waals surface area contributed by atoms with Gasteiger partial charge in [0, 0.05) is 32.2 Å². The number of hydrogen-bond donors (Lipinski definition) is 0. The van der Waals surface area contributed by atoms with Gasteiger partial charge in [0.25, 0.3) is 0 Å². The molecule has 3 rings (SSSR count). The fourth-order valence-electron chi connectivity index (χ4n) is 2.84. The van der Waals surface area contributed by atoms with E-state index in [1.807, 2.05) is 4.90 Å². The molecule has 6 nitrogen and oxygen atoms in total. The number of anilines is 1. The van der Waals surface area contributed by atoms with Crippen LogP contribution >= 0.6 is 0 Å². The van der Waals surface area contributed by atoms with Crippen LogP contribution in [0.25, 0.3) is 11.0 Å². The number of piperazine rings is 1. The fourth-order valence-corrected chi connectivity index (χ4v) is 2.84. The van der Waals surface area contributed by atoms with Crippen LogP contribution in [0.3, 0.4) is 0 Å². The molecule has 2 aromatic rings. The van der Waals surface area contributed by atoms with E-state index >= 15 is 0 Å². The van der Waals surface area contributed by atoms with Gasteiger partial charge in [0.2, 0.25) is 0 Å². The maximum Gasteiger partial charge on any atom is 0.358 e. The van der Waals surface area contributed by atoms with Crippen molar-refractivity contribution >= 4 is 22.7 Å². The summed E-state index contributed by atoms with van der Waals surface area (Å²) < 4.78 is 19.5. The normalized spacial score (nSPS) is 15.8. The van der Waals surface area contributed by atoms with Crippen LogP contribution in [-0.4, -0.2) is 60.7 Å². The van der Waals surface area contributed by atoms with Crippen LogP contribution in [0.2, 0.25) is 0 Å². The lowest BCUT2D eigenvalue weighted by molar-refractivity contribution is 0.0518. The Labute approximate surface area is 140 Å². The minimum atomic E-state index is -0.534. The van der Waals surface area contributed by atoms with Crippen molar-refractivity contribution in [2.24, 2.45) is 0 Å². The Morgan fingerprint density at radius 3 is 2.54 bits per heavy atom. The molecule has 0 aliphatic carbocycles. The number of aromatic nitrogens is 2. The van der Waals surface area contributed by atoms with Crippen LogP contribution in [0.5, 0.6) is 0 Å². The van der Waals surface area contributed by atoms with E-state index in [2.05, 4.69) is 21.9 Å². The number of halogens is 1. The van der Waals surface area contributed by atoms with Gasteiger partial charge in [0.1, 0.15) is 5.82 Å². The van der Waals surface area contributed by atoms with Crippen molar-refractivity contribution in [3.05, 3.63) is 29.3 Å². The smallest absolute Gasteiger partial charge is 0.358 e.